The van der Waals surface area contributed by atoms with Crippen molar-refractivity contribution in [1.29, 1.82) is 0 Å². The molecule has 3 nitrogen and oxygen atoms in total. The minimum Gasteiger partial charge on any atom is -0.486 e. The van der Waals surface area contributed by atoms with Crippen LogP contribution in [0.25, 0.3) is 0 Å². The monoisotopic (exact) mass is 306 g/mol. The topological polar surface area (TPSA) is 48.1 Å². The zero-order valence-electron chi connectivity index (χ0n) is 11.8. The van der Waals surface area contributed by atoms with E-state index in [0.717, 1.165) is 22.0 Å². The van der Waals surface area contributed by atoms with E-state index in [1.54, 1.807) is 11.3 Å². The number of benzene rings is 1. The molecule has 1 aromatic heterocycles. The molecule has 0 amide bonds. The Hall–Kier alpha value is -1.46. The van der Waals surface area contributed by atoms with Crippen LogP contribution < -0.4 is 10.5 Å². The fourth-order valence-electron chi connectivity index (χ4n) is 1.61. The molecule has 0 bridgehead atoms. The highest BCUT2D eigenvalue weighted by Crippen LogP contribution is 2.24. The lowest BCUT2D eigenvalue weighted by atomic mass is 9.93. The molecule has 5 heteroatoms. The summed E-state index contributed by atoms with van der Waals surface area (Å²) in [5.41, 5.74) is 7.58. The fourth-order valence-corrected chi connectivity index (χ4v) is 2.66. The molecule has 0 spiro atoms. The summed E-state index contributed by atoms with van der Waals surface area (Å²) in [6.07, 6.45) is 0. The van der Waals surface area contributed by atoms with Crippen LogP contribution in [-0.2, 0) is 12.0 Å². The minimum absolute atomic E-state index is 0.0698. The van der Waals surface area contributed by atoms with Crippen LogP contribution in [0, 0.1) is 0 Å². The predicted octanol–water partition coefficient (Wildman–Crippen LogP) is 3.65. The highest BCUT2D eigenvalue weighted by atomic mass is 32.1. The van der Waals surface area contributed by atoms with Gasteiger partial charge in [-0.15, -0.1) is 11.3 Å². The van der Waals surface area contributed by atoms with Crippen molar-refractivity contribution in [2.45, 2.75) is 32.8 Å². The molecule has 0 atom stereocenters. The van der Waals surface area contributed by atoms with Crippen molar-refractivity contribution in [2.24, 2.45) is 5.73 Å². The van der Waals surface area contributed by atoms with Crippen LogP contribution in [0.1, 0.15) is 37.0 Å². The summed E-state index contributed by atoms with van der Waals surface area (Å²) >= 11 is 6.58. The van der Waals surface area contributed by atoms with Crippen LogP contribution in [0.5, 0.6) is 5.75 Å². The minimum atomic E-state index is 0.0698. The molecule has 0 aliphatic heterocycles. The molecule has 0 aliphatic carbocycles. The van der Waals surface area contributed by atoms with Crippen LogP contribution >= 0.6 is 23.6 Å². The molecular formula is C15H18N2OS2. The number of hydrogen-bond acceptors (Lipinski definition) is 4. The molecule has 2 rings (SSSR count). The summed E-state index contributed by atoms with van der Waals surface area (Å²) in [5.74, 6) is 0.753. The van der Waals surface area contributed by atoms with E-state index in [0.29, 0.717) is 11.6 Å². The van der Waals surface area contributed by atoms with Crippen molar-refractivity contribution in [3.05, 3.63) is 45.9 Å². The van der Waals surface area contributed by atoms with Gasteiger partial charge in [0.1, 0.15) is 22.4 Å². The maximum absolute atomic E-state index is 5.74. The molecule has 106 valence electrons. The number of ether oxygens (including phenoxy) is 1. The standard InChI is InChI=1S/C15H18N2OS2/c1-15(2,3)12-9-20-13(17-12)8-18-11-6-4-5-10(7-11)14(16)19/h4-7,9H,8H2,1-3H3,(H2,16,19). The van der Waals surface area contributed by atoms with Crippen LogP contribution in [0.4, 0.5) is 0 Å². The number of thiocarbonyl (C=S) groups is 1. The molecule has 0 saturated carbocycles. The van der Waals surface area contributed by atoms with Crippen molar-refractivity contribution in [3.8, 4) is 5.75 Å². The predicted molar refractivity (Wildman–Crippen MR) is 87.5 cm³/mol. The summed E-state index contributed by atoms with van der Waals surface area (Å²) in [7, 11) is 0. The van der Waals surface area contributed by atoms with Gasteiger partial charge in [0.25, 0.3) is 0 Å². The Morgan fingerprint density at radius 3 is 2.75 bits per heavy atom. The van der Waals surface area contributed by atoms with Gasteiger partial charge < -0.3 is 10.5 Å². The van der Waals surface area contributed by atoms with Gasteiger partial charge in [-0.1, -0.05) is 45.1 Å². The lowest BCUT2D eigenvalue weighted by molar-refractivity contribution is 0.305. The van der Waals surface area contributed by atoms with Gasteiger partial charge in [-0.3, -0.25) is 0 Å². The van der Waals surface area contributed by atoms with Gasteiger partial charge >= 0.3 is 0 Å². The van der Waals surface area contributed by atoms with Gasteiger partial charge in [0.15, 0.2) is 0 Å². The average molecular weight is 306 g/mol. The Morgan fingerprint density at radius 2 is 2.15 bits per heavy atom. The summed E-state index contributed by atoms with van der Waals surface area (Å²) < 4.78 is 5.74. The number of nitrogens with two attached hydrogens (primary N) is 1. The Morgan fingerprint density at radius 1 is 1.40 bits per heavy atom. The second-order valence-corrected chi connectivity index (χ2v) is 6.94. The maximum atomic E-state index is 5.74. The molecular weight excluding hydrogens is 288 g/mol. The summed E-state index contributed by atoms with van der Waals surface area (Å²) in [4.78, 5) is 4.97. The SMILES string of the molecule is CC(C)(C)c1csc(COc2cccc(C(N)=S)c2)n1. The first kappa shape index (κ1) is 14.9. The number of nitrogens with zero attached hydrogens (tertiary/aromatic N) is 1. The molecule has 0 saturated heterocycles. The molecule has 0 unspecified atom stereocenters. The van der Waals surface area contributed by atoms with Gasteiger partial charge in [0, 0.05) is 16.4 Å². The first-order valence-corrected chi connectivity index (χ1v) is 7.62. The number of rotatable bonds is 4. The quantitative estimate of drug-likeness (QED) is 0.876. The van der Waals surface area contributed by atoms with Crippen molar-refractivity contribution >= 4 is 28.5 Å². The second kappa shape index (κ2) is 5.89. The van der Waals surface area contributed by atoms with Crippen LogP contribution in [0.2, 0.25) is 0 Å². The van der Waals surface area contributed by atoms with Crippen molar-refractivity contribution in [1.82, 2.24) is 4.98 Å². The molecule has 1 heterocycles. The lowest BCUT2D eigenvalue weighted by Gasteiger charge is -2.14. The highest BCUT2D eigenvalue weighted by Gasteiger charge is 2.17. The molecule has 20 heavy (non-hydrogen) atoms. The number of hydrogen-bond donors (Lipinski definition) is 1. The average Bonchev–Trinajstić information content (AvgIpc) is 2.85. The van der Waals surface area contributed by atoms with E-state index in [-0.39, 0.29) is 5.41 Å². The van der Waals surface area contributed by atoms with E-state index in [9.17, 15) is 0 Å². The molecule has 2 N–H and O–H groups in total. The van der Waals surface area contributed by atoms with Crippen molar-refractivity contribution < 1.29 is 4.74 Å². The Labute approximate surface area is 128 Å². The van der Waals surface area contributed by atoms with E-state index < -0.39 is 0 Å². The number of thiazole rings is 1. The van der Waals surface area contributed by atoms with Gasteiger partial charge in [-0.25, -0.2) is 4.98 Å². The second-order valence-electron chi connectivity index (χ2n) is 5.56. The smallest absolute Gasteiger partial charge is 0.140 e. The Kier molecular flexibility index (Phi) is 4.40. The van der Waals surface area contributed by atoms with E-state index >= 15 is 0 Å². The summed E-state index contributed by atoms with van der Waals surface area (Å²) in [6, 6.07) is 7.49. The molecule has 0 aliphatic rings. The first-order chi connectivity index (χ1) is 9.36. The summed E-state index contributed by atoms with van der Waals surface area (Å²) in [5, 5.41) is 3.06. The van der Waals surface area contributed by atoms with E-state index in [1.165, 1.54) is 0 Å². The van der Waals surface area contributed by atoms with E-state index in [2.05, 4.69) is 31.1 Å². The number of aromatic nitrogens is 1. The zero-order valence-corrected chi connectivity index (χ0v) is 13.5. The normalized spacial score (nSPS) is 11.3. The van der Waals surface area contributed by atoms with Crippen LogP contribution in [0.15, 0.2) is 29.6 Å². The molecule has 0 radical (unpaired) electrons. The third kappa shape index (κ3) is 3.77. The Bertz CT molecular complexity index is 614. The van der Waals surface area contributed by atoms with Crippen molar-refractivity contribution in [2.75, 3.05) is 0 Å². The van der Waals surface area contributed by atoms with Crippen molar-refractivity contribution in [3.63, 3.8) is 0 Å². The third-order valence-electron chi connectivity index (χ3n) is 2.80. The molecule has 0 fully saturated rings. The molecule has 1 aromatic carbocycles. The third-order valence-corrected chi connectivity index (χ3v) is 3.86. The van der Waals surface area contributed by atoms with Gasteiger partial charge in [0.05, 0.1) is 5.69 Å². The summed E-state index contributed by atoms with van der Waals surface area (Å²) in [6.45, 7) is 6.91. The highest BCUT2D eigenvalue weighted by molar-refractivity contribution is 7.80. The van der Waals surface area contributed by atoms with Gasteiger partial charge in [0.2, 0.25) is 0 Å². The van der Waals surface area contributed by atoms with Crippen LogP contribution in [-0.4, -0.2) is 9.97 Å². The zero-order chi connectivity index (χ0) is 14.8. The van der Waals surface area contributed by atoms with E-state index in [1.807, 2.05) is 24.3 Å². The first-order valence-electron chi connectivity index (χ1n) is 6.34. The van der Waals surface area contributed by atoms with E-state index in [4.69, 9.17) is 22.7 Å². The molecule has 2 aromatic rings. The van der Waals surface area contributed by atoms with Gasteiger partial charge in [-0.05, 0) is 12.1 Å². The lowest BCUT2D eigenvalue weighted by Crippen LogP contribution is -2.11. The largest absolute Gasteiger partial charge is 0.486 e. The maximum Gasteiger partial charge on any atom is 0.140 e. The van der Waals surface area contributed by atoms with Gasteiger partial charge in [-0.2, -0.15) is 0 Å². The fraction of sp³-hybridized carbons (Fsp3) is 0.333. The Balaban J connectivity index is 2.04. The van der Waals surface area contributed by atoms with Crippen LogP contribution in [0.3, 0.4) is 0 Å².